The second-order valence-corrected chi connectivity index (χ2v) is 11.3. The van der Waals surface area contributed by atoms with Crippen molar-refractivity contribution < 1.29 is 4.42 Å². The molecule has 0 aliphatic heterocycles. The summed E-state index contributed by atoms with van der Waals surface area (Å²) in [4.78, 5) is 7.13. The Bertz CT molecular complexity index is 2070. The molecule has 0 radical (unpaired) electrons. The van der Waals surface area contributed by atoms with Crippen LogP contribution in [0.1, 0.15) is 25.0 Å². The number of para-hydroxylation sites is 1. The molecule has 3 nitrogen and oxygen atoms in total. The maximum atomic E-state index is 6.32. The molecule has 0 saturated heterocycles. The number of aromatic nitrogens is 1. The normalized spacial score (nSPS) is 13.3. The number of oxazole rings is 1. The van der Waals surface area contributed by atoms with Crippen LogP contribution < -0.4 is 4.90 Å². The van der Waals surface area contributed by atoms with E-state index < -0.39 is 0 Å². The summed E-state index contributed by atoms with van der Waals surface area (Å²) < 4.78 is 6.32. The average Bonchev–Trinajstić information content (AvgIpc) is 3.56. The topological polar surface area (TPSA) is 29.3 Å². The summed E-state index contributed by atoms with van der Waals surface area (Å²) in [6.45, 7) is 4.64. The van der Waals surface area contributed by atoms with Gasteiger partial charge in [0.1, 0.15) is 5.52 Å². The van der Waals surface area contributed by atoms with Crippen molar-refractivity contribution in [3.05, 3.63) is 145 Å². The van der Waals surface area contributed by atoms with Crippen molar-refractivity contribution in [2.75, 3.05) is 4.90 Å². The van der Waals surface area contributed by atoms with Gasteiger partial charge in [-0.3, -0.25) is 0 Å². The fraction of sp³-hybridized carbons (Fsp3) is 0.0789. The first kappa shape index (κ1) is 23.7. The first-order valence-electron chi connectivity index (χ1n) is 14.1. The van der Waals surface area contributed by atoms with E-state index in [0.717, 1.165) is 44.5 Å². The maximum absolute atomic E-state index is 6.32. The Labute approximate surface area is 239 Å². The standard InChI is InChI=1S/C38H28N2O/c1-38(2)33-15-9-8-14-31(33)32-24-29(21-22-34(32)38)40(27-11-4-3-5-12-27)28-19-16-26(17-20-28)37-39-35-23-18-25-10-6-7-13-30(25)36(35)41-37/h3-24H,1-2H3. The van der Waals surface area contributed by atoms with Gasteiger partial charge >= 0.3 is 0 Å². The minimum absolute atomic E-state index is 0.0193. The van der Waals surface area contributed by atoms with Gasteiger partial charge in [-0.15, -0.1) is 0 Å². The van der Waals surface area contributed by atoms with E-state index in [4.69, 9.17) is 9.40 Å². The molecule has 0 fully saturated rings. The third kappa shape index (κ3) is 3.70. The molecule has 0 N–H and O–H groups in total. The van der Waals surface area contributed by atoms with E-state index in [0.29, 0.717) is 5.89 Å². The Hall–Kier alpha value is -5.15. The summed E-state index contributed by atoms with van der Waals surface area (Å²) in [5, 5.41) is 2.23. The molecule has 7 aromatic rings. The summed E-state index contributed by atoms with van der Waals surface area (Å²) in [6.07, 6.45) is 0. The van der Waals surface area contributed by atoms with Crippen LogP contribution in [0.5, 0.6) is 0 Å². The van der Waals surface area contributed by atoms with Crippen molar-refractivity contribution >= 4 is 38.9 Å². The number of fused-ring (bicyclic) bond motifs is 6. The summed E-state index contributed by atoms with van der Waals surface area (Å²) >= 11 is 0. The van der Waals surface area contributed by atoms with Crippen molar-refractivity contribution in [2.24, 2.45) is 0 Å². The summed E-state index contributed by atoms with van der Waals surface area (Å²) in [7, 11) is 0. The van der Waals surface area contributed by atoms with Crippen LogP contribution in [-0.4, -0.2) is 4.98 Å². The summed E-state index contributed by atoms with van der Waals surface area (Å²) in [5.41, 5.74) is 11.3. The van der Waals surface area contributed by atoms with Gasteiger partial charge in [0.25, 0.3) is 0 Å². The van der Waals surface area contributed by atoms with Crippen LogP contribution in [0.4, 0.5) is 17.1 Å². The molecule has 41 heavy (non-hydrogen) atoms. The fourth-order valence-corrected chi connectivity index (χ4v) is 6.40. The highest BCUT2D eigenvalue weighted by Crippen LogP contribution is 2.50. The second kappa shape index (κ2) is 8.94. The van der Waals surface area contributed by atoms with Gasteiger partial charge in [-0.05, 0) is 82.2 Å². The Morgan fingerprint density at radius 1 is 0.585 bits per heavy atom. The van der Waals surface area contributed by atoms with Crippen molar-refractivity contribution in [1.29, 1.82) is 0 Å². The SMILES string of the molecule is CC1(C)c2ccccc2-c2cc(N(c3ccccc3)c3ccc(-c4nc5ccc6ccccc6c5o4)cc3)ccc21. The quantitative estimate of drug-likeness (QED) is 0.228. The van der Waals surface area contributed by atoms with Crippen LogP contribution in [0.3, 0.4) is 0 Å². The average molecular weight is 529 g/mol. The van der Waals surface area contributed by atoms with E-state index in [2.05, 4.69) is 134 Å². The molecular weight excluding hydrogens is 500 g/mol. The Morgan fingerprint density at radius 3 is 2.12 bits per heavy atom. The molecule has 0 bridgehead atoms. The largest absolute Gasteiger partial charge is 0.435 e. The highest BCUT2D eigenvalue weighted by molar-refractivity contribution is 6.03. The van der Waals surface area contributed by atoms with Gasteiger partial charge in [0.15, 0.2) is 5.58 Å². The van der Waals surface area contributed by atoms with Crippen LogP contribution in [0.15, 0.2) is 138 Å². The van der Waals surface area contributed by atoms with Crippen LogP contribution in [0.25, 0.3) is 44.5 Å². The number of benzene rings is 6. The number of hydrogen-bond donors (Lipinski definition) is 0. The second-order valence-electron chi connectivity index (χ2n) is 11.3. The molecule has 0 atom stereocenters. The van der Waals surface area contributed by atoms with Gasteiger partial charge in [0.05, 0.1) is 0 Å². The van der Waals surface area contributed by atoms with Crippen molar-refractivity contribution in [1.82, 2.24) is 4.98 Å². The lowest BCUT2D eigenvalue weighted by molar-refractivity contribution is 0.623. The van der Waals surface area contributed by atoms with Gasteiger partial charge in [-0.1, -0.05) is 92.7 Å². The highest BCUT2D eigenvalue weighted by Gasteiger charge is 2.35. The lowest BCUT2D eigenvalue weighted by Crippen LogP contribution is -2.15. The van der Waals surface area contributed by atoms with E-state index >= 15 is 0 Å². The van der Waals surface area contributed by atoms with Gasteiger partial charge in [0, 0.05) is 33.4 Å². The minimum Gasteiger partial charge on any atom is -0.435 e. The summed E-state index contributed by atoms with van der Waals surface area (Å²) in [6, 6.07) is 47.1. The van der Waals surface area contributed by atoms with Gasteiger partial charge in [0.2, 0.25) is 5.89 Å². The van der Waals surface area contributed by atoms with Crippen LogP contribution in [0.2, 0.25) is 0 Å². The highest BCUT2D eigenvalue weighted by atomic mass is 16.3. The van der Waals surface area contributed by atoms with Gasteiger partial charge < -0.3 is 9.32 Å². The Morgan fingerprint density at radius 2 is 1.27 bits per heavy atom. The predicted molar refractivity (Wildman–Crippen MR) is 169 cm³/mol. The molecule has 3 heteroatoms. The van der Waals surface area contributed by atoms with Crippen molar-refractivity contribution in [3.63, 3.8) is 0 Å². The van der Waals surface area contributed by atoms with Crippen LogP contribution in [0, 0.1) is 0 Å². The molecule has 0 unspecified atom stereocenters. The zero-order valence-electron chi connectivity index (χ0n) is 23.0. The number of nitrogens with zero attached hydrogens (tertiary/aromatic N) is 2. The number of hydrogen-bond acceptors (Lipinski definition) is 3. The van der Waals surface area contributed by atoms with E-state index in [-0.39, 0.29) is 5.41 Å². The molecule has 1 aromatic heterocycles. The third-order valence-electron chi connectivity index (χ3n) is 8.49. The zero-order valence-corrected chi connectivity index (χ0v) is 23.0. The molecule has 1 heterocycles. The fourth-order valence-electron chi connectivity index (χ4n) is 6.40. The maximum Gasteiger partial charge on any atom is 0.227 e. The lowest BCUT2D eigenvalue weighted by atomic mass is 9.82. The Balaban J connectivity index is 1.22. The first-order chi connectivity index (χ1) is 20.1. The van der Waals surface area contributed by atoms with E-state index in [1.165, 1.54) is 22.3 Å². The van der Waals surface area contributed by atoms with Gasteiger partial charge in [-0.2, -0.15) is 0 Å². The predicted octanol–water partition coefficient (Wildman–Crippen LogP) is 10.4. The van der Waals surface area contributed by atoms with E-state index in [1.54, 1.807) is 0 Å². The minimum atomic E-state index is -0.0193. The molecule has 0 amide bonds. The first-order valence-corrected chi connectivity index (χ1v) is 14.1. The molecule has 8 rings (SSSR count). The molecule has 0 saturated carbocycles. The Kier molecular flexibility index (Phi) is 5.17. The molecule has 1 aliphatic rings. The number of rotatable bonds is 4. The van der Waals surface area contributed by atoms with E-state index in [9.17, 15) is 0 Å². The molecule has 0 spiro atoms. The molecule has 1 aliphatic carbocycles. The lowest BCUT2D eigenvalue weighted by Gasteiger charge is -2.27. The summed E-state index contributed by atoms with van der Waals surface area (Å²) in [5.74, 6) is 0.630. The third-order valence-corrected chi connectivity index (χ3v) is 8.49. The van der Waals surface area contributed by atoms with Crippen LogP contribution in [-0.2, 0) is 5.41 Å². The monoisotopic (exact) mass is 528 g/mol. The number of anilines is 3. The van der Waals surface area contributed by atoms with Crippen molar-refractivity contribution in [2.45, 2.75) is 19.3 Å². The smallest absolute Gasteiger partial charge is 0.227 e. The van der Waals surface area contributed by atoms with Gasteiger partial charge in [-0.25, -0.2) is 4.98 Å². The molecule has 196 valence electrons. The van der Waals surface area contributed by atoms with E-state index in [1.807, 2.05) is 18.2 Å². The molecule has 6 aromatic carbocycles. The van der Waals surface area contributed by atoms with Crippen LogP contribution >= 0.6 is 0 Å². The zero-order chi connectivity index (χ0) is 27.6. The molecular formula is C38H28N2O. The van der Waals surface area contributed by atoms with Crippen molar-refractivity contribution in [3.8, 4) is 22.6 Å².